The molecule has 0 amide bonds. The Hall–Kier alpha value is -1.06. The van der Waals surface area contributed by atoms with Crippen molar-refractivity contribution in [2.24, 2.45) is 11.3 Å². The van der Waals surface area contributed by atoms with Crippen LogP contribution in [0.1, 0.15) is 97.8 Å². The Morgan fingerprint density at radius 2 is 1.48 bits per heavy atom. The third-order valence-electron chi connectivity index (χ3n) is 4.97. The Morgan fingerprint density at radius 3 is 1.96 bits per heavy atom. The lowest BCUT2D eigenvalue weighted by molar-refractivity contribution is -0.155. The summed E-state index contributed by atoms with van der Waals surface area (Å²) in [5.41, 5.74) is -0.744. The van der Waals surface area contributed by atoms with Gasteiger partial charge in [0.15, 0.2) is 0 Å². The molecule has 0 aliphatic rings. The quantitative estimate of drug-likeness (QED) is 0.389. The lowest BCUT2D eigenvalue weighted by atomic mass is 9.65. The molecule has 0 rings (SSSR count). The summed E-state index contributed by atoms with van der Waals surface area (Å²) in [7, 11) is 0. The zero-order chi connectivity index (χ0) is 17.7. The SMILES string of the molecule is CCCCCCCC(CCC)(C(=O)O)C(CCC)CCC(=O)O. The second kappa shape index (κ2) is 12.4. The number of unbranched alkanes of at least 4 members (excludes halogenated alkanes) is 4. The number of rotatable bonds is 15. The maximum atomic E-state index is 12.1. The van der Waals surface area contributed by atoms with Gasteiger partial charge in [-0.1, -0.05) is 65.7 Å². The summed E-state index contributed by atoms with van der Waals surface area (Å²) in [6.07, 6.45) is 9.95. The van der Waals surface area contributed by atoms with Crippen LogP contribution in [0.2, 0.25) is 0 Å². The average Bonchev–Trinajstić information content (AvgIpc) is 2.49. The topological polar surface area (TPSA) is 74.6 Å². The lowest BCUT2D eigenvalue weighted by Gasteiger charge is -2.37. The van der Waals surface area contributed by atoms with Gasteiger partial charge in [-0.05, 0) is 31.6 Å². The van der Waals surface area contributed by atoms with E-state index in [1.54, 1.807) is 0 Å². The molecule has 2 unspecified atom stereocenters. The first-order valence-corrected chi connectivity index (χ1v) is 9.39. The van der Waals surface area contributed by atoms with Gasteiger partial charge in [0.05, 0.1) is 5.41 Å². The minimum absolute atomic E-state index is 0.0350. The van der Waals surface area contributed by atoms with Crippen molar-refractivity contribution in [2.45, 2.75) is 97.8 Å². The fraction of sp³-hybridized carbons (Fsp3) is 0.895. The van der Waals surface area contributed by atoms with Crippen LogP contribution in [0.25, 0.3) is 0 Å². The second-order valence-corrected chi connectivity index (χ2v) is 6.79. The van der Waals surface area contributed by atoms with Gasteiger partial charge in [0.25, 0.3) is 0 Å². The highest BCUT2D eigenvalue weighted by atomic mass is 16.4. The van der Waals surface area contributed by atoms with Crippen molar-refractivity contribution in [3.63, 3.8) is 0 Å². The number of carbonyl (C=O) groups is 2. The smallest absolute Gasteiger partial charge is 0.309 e. The van der Waals surface area contributed by atoms with Crippen LogP contribution in [0.4, 0.5) is 0 Å². The Balaban J connectivity index is 5.07. The molecule has 136 valence electrons. The van der Waals surface area contributed by atoms with E-state index in [2.05, 4.69) is 6.92 Å². The third-order valence-corrected chi connectivity index (χ3v) is 4.97. The van der Waals surface area contributed by atoms with Gasteiger partial charge in [-0.3, -0.25) is 9.59 Å². The molecule has 2 N–H and O–H groups in total. The predicted octanol–water partition coefficient (Wildman–Crippen LogP) is 5.50. The van der Waals surface area contributed by atoms with E-state index in [4.69, 9.17) is 5.11 Å². The van der Waals surface area contributed by atoms with Crippen molar-refractivity contribution in [3.05, 3.63) is 0 Å². The number of aliphatic carboxylic acids is 2. The van der Waals surface area contributed by atoms with E-state index in [1.807, 2.05) is 13.8 Å². The predicted molar refractivity (Wildman–Crippen MR) is 93.6 cm³/mol. The standard InChI is InChI=1S/C19H36O4/c1-4-7-8-9-10-15-19(14-6-3,18(22)23)16(11-5-2)12-13-17(20)21/h16H,4-15H2,1-3H3,(H,20,21)(H,22,23). The van der Waals surface area contributed by atoms with Gasteiger partial charge in [-0.2, -0.15) is 0 Å². The van der Waals surface area contributed by atoms with Crippen molar-refractivity contribution in [2.75, 3.05) is 0 Å². The van der Waals surface area contributed by atoms with E-state index < -0.39 is 17.4 Å². The molecular weight excluding hydrogens is 292 g/mol. The van der Waals surface area contributed by atoms with Gasteiger partial charge in [-0.25, -0.2) is 0 Å². The summed E-state index contributed by atoms with van der Waals surface area (Å²) in [4.78, 5) is 23.1. The van der Waals surface area contributed by atoms with Crippen molar-refractivity contribution in [1.82, 2.24) is 0 Å². The summed E-state index contributed by atoms with van der Waals surface area (Å²) >= 11 is 0. The summed E-state index contributed by atoms with van der Waals surface area (Å²) in [6.45, 7) is 6.24. The maximum absolute atomic E-state index is 12.1. The van der Waals surface area contributed by atoms with Gasteiger partial charge >= 0.3 is 11.9 Å². The van der Waals surface area contributed by atoms with Crippen LogP contribution in [-0.4, -0.2) is 22.2 Å². The highest BCUT2D eigenvalue weighted by molar-refractivity contribution is 5.75. The second-order valence-electron chi connectivity index (χ2n) is 6.79. The minimum atomic E-state index is -0.829. The molecule has 0 heterocycles. The zero-order valence-corrected chi connectivity index (χ0v) is 15.3. The van der Waals surface area contributed by atoms with Crippen LogP contribution >= 0.6 is 0 Å². The van der Waals surface area contributed by atoms with Gasteiger partial charge in [-0.15, -0.1) is 0 Å². The molecule has 23 heavy (non-hydrogen) atoms. The minimum Gasteiger partial charge on any atom is -0.481 e. The van der Waals surface area contributed by atoms with Crippen LogP contribution in [-0.2, 0) is 9.59 Å². The molecule has 0 radical (unpaired) electrons. The Labute approximate surface area is 141 Å². The van der Waals surface area contributed by atoms with Crippen LogP contribution in [0, 0.1) is 11.3 Å². The van der Waals surface area contributed by atoms with E-state index in [1.165, 1.54) is 12.8 Å². The van der Waals surface area contributed by atoms with E-state index in [0.29, 0.717) is 19.3 Å². The summed E-state index contributed by atoms with van der Waals surface area (Å²) < 4.78 is 0. The molecule has 0 bridgehead atoms. The van der Waals surface area contributed by atoms with Crippen molar-refractivity contribution in [1.29, 1.82) is 0 Å². The largest absolute Gasteiger partial charge is 0.481 e. The third kappa shape index (κ3) is 7.85. The number of carboxylic acids is 2. The molecule has 0 fully saturated rings. The molecule has 0 aromatic rings. The first-order chi connectivity index (χ1) is 10.9. The highest BCUT2D eigenvalue weighted by Gasteiger charge is 2.43. The number of carboxylic acid groups (broad SMARTS) is 2. The lowest BCUT2D eigenvalue weighted by Crippen LogP contribution is -2.39. The molecular formula is C19H36O4. The molecule has 4 heteroatoms. The van der Waals surface area contributed by atoms with Gasteiger partial charge < -0.3 is 10.2 Å². The maximum Gasteiger partial charge on any atom is 0.309 e. The van der Waals surface area contributed by atoms with Crippen LogP contribution < -0.4 is 0 Å². The van der Waals surface area contributed by atoms with Crippen molar-refractivity contribution < 1.29 is 19.8 Å². The monoisotopic (exact) mass is 328 g/mol. The molecule has 4 nitrogen and oxygen atoms in total. The Morgan fingerprint density at radius 1 is 0.826 bits per heavy atom. The Bertz CT molecular complexity index is 340. The fourth-order valence-corrected chi connectivity index (χ4v) is 3.75. The summed E-state index contributed by atoms with van der Waals surface area (Å²) in [5, 5.41) is 19.0. The zero-order valence-electron chi connectivity index (χ0n) is 15.3. The number of hydrogen-bond donors (Lipinski definition) is 2. The van der Waals surface area contributed by atoms with Gasteiger partial charge in [0, 0.05) is 6.42 Å². The molecule has 0 aromatic carbocycles. The summed E-state index contributed by atoms with van der Waals surface area (Å²) in [5.74, 6) is -1.59. The molecule has 0 aliphatic carbocycles. The van der Waals surface area contributed by atoms with Crippen LogP contribution in [0.5, 0.6) is 0 Å². The van der Waals surface area contributed by atoms with Crippen molar-refractivity contribution in [3.8, 4) is 0 Å². The summed E-state index contributed by atoms with van der Waals surface area (Å²) in [6, 6.07) is 0. The highest BCUT2D eigenvalue weighted by Crippen LogP contribution is 2.43. The van der Waals surface area contributed by atoms with E-state index in [9.17, 15) is 14.7 Å². The molecule has 0 aliphatic heterocycles. The van der Waals surface area contributed by atoms with E-state index in [-0.39, 0.29) is 12.3 Å². The average molecular weight is 328 g/mol. The molecule has 0 saturated carbocycles. The normalized spacial score (nSPS) is 15.1. The molecule has 0 aromatic heterocycles. The number of hydrogen-bond acceptors (Lipinski definition) is 2. The van der Waals surface area contributed by atoms with Crippen LogP contribution in [0.3, 0.4) is 0 Å². The first-order valence-electron chi connectivity index (χ1n) is 9.39. The van der Waals surface area contributed by atoms with Crippen molar-refractivity contribution >= 4 is 11.9 Å². The Kier molecular flexibility index (Phi) is 11.8. The van der Waals surface area contributed by atoms with E-state index >= 15 is 0 Å². The van der Waals surface area contributed by atoms with Crippen LogP contribution in [0.15, 0.2) is 0 Å². The molecule has 0 spiro atoms. The molecule has 0 saturated heterocycles. The molecule has 2 atom stereocenters. The first kappa shape index (κ1) is 21.9. The van der Waals surface area contributed by atoms with Gasteiger partial charge in [0.1, 0.15) is 0 Å². The van der Waals surface area contributed by atoms with Gasteiger partial charge in [0.2, 0.25) is 0 Å². The fourth-order valence-electron chi connectivity index (χ4n) is 3.75. The van der Waals surface area contributed by atoms with E-state index in [0.717, 1.165) is 38.5 Å².